The van der Waals surface area contributed by atoms with Gasteiger partial charge in [0.1, 0.15) is 5.75 Å². The average molecular weight is 239 g/mol. The fourth-order valence-corrected chi connectivity index (χ4v) is 1.29. The van der Waals surface area contributed by atoms with E-state index in [-0.39, 0.29) is 18.2 Å². The number of carbonyl (C=O) groups excluding carboxylic acids is 1. The molecule has 0 heterocycles. The first-order valence-electron chi connectivity index (χ1n) is 5.22. The summed E-state index contributed by atoms with van der Waals surface area (Å²) >= 11 is 0. The molecule has 0 bridgehead atoms. The molecule has 0 unspecified atom stereocenters. The predicted octanol–water partition coefficient (Wildman–Crippen LogP) is 1.05. The van der Waals surface area contributed by atoms with Crippen LogP contribution in [-0.4, -0.2) is 38.1 Å². The summed E-state index contributed by atoms with van der Waals surface area (Å²) in [5, 5.41) is 12.1. The third-order valence-electron chi connectivity index (χ3n) is 2.43. The van der Waals surface area contributed by atoms with E-state index in [1.807, 2.05) is 0 Å². The van der Waals surface area contributed by atoms with Crippen molar-refractivity contribution in [2.45, 2.75) is 13.2 Å². The predicted molar refractivity (Wildman–Crippen MR) is 63.0 cm³/mol. The van der Waals surface area contributed by atoms with Crippen LogP contribution in [0, 0.1) is 6.92 Å². The molecule has 0 radical (unpaired) electrons. The summed E-state index contributed by atoms with van der Waals surface area (Å²) in [4.78, 5) is 11.7. The van der Waals surface area contributed by atoms with Gasteiger partial charge >= 0.3 is 0 Å². The first-order valence-corrected chi connectivity index (χ1v) is 5.22. The van der Waals surface area contributed by atoms with Gasteiger partial charge in [0.2, 0.25) is 0 Å². The van der Waals surface area contributed by atoms with E-state index in [1.54, 1.807) is 19.1 Å². The normalized spacial score (nSPS) is 10.6. The quantitative estimate of drug-likeness (QED) is 0.754. The van der Waals surface area contributed by atoms with Crippen LogP contribution in [0.5, 0.6) is 5.75 Å². The Labute approximate surface area is 100 Å². The summed E-state index contributed by atoms with van der Waals surface area (Å²) in [6.45, 7) is 2.02. The molecule has 0 saturated heterocycles. The fraction of sp³-hybridized carbons (Fsp3) is 0.417. The standard InChI is InChI=1S/C12H17NO4/c1-8-4-5-9(6-10(8)14)12(15)13-7-11(16-2)17-3/h4-6,11,14H,7H2,1-3H3,(H,13,15). The molecule has 1 aromatic rings. The van der Waals surface area contributed by atoms with Gasteiger partial charge < -0.3 is 19.9 Å². The largest absolute Gasteiger partial charge is 0.508 e. The maximum absolute atomic E-state index is 11.7. The molecule has 17 heavy (non-hydrogen) atoms. The summed E-state index contributed by atoms with van der Waals surface area (Å²) in [6.07, 6.45) is -0.474. The highest BCUT2D eigenvalue weighted by molar-refractivity contribution is 5.94. The monoisotopic (exact) mass is 239 g/mol. The van der Waals surface area contributed by atoms with Crippen LogP contribution in [0.2, 0.25) is 0 Å². The molecule has 0 atom stereocenters. The van der Waals surface area contributed by atoms with E-state index in [4.69, 9.17) is 9.47 Å². The second kappa shape index (κ2) is 6.22. The topological polar surface area (TPSA) is 67.8 Å². The lowest BCUT2D eigenvalue weighted by atomic mass is 10.1. The lowest BCUT2D eigenvalue weighted by Gasteiger charge is -2.14. The average Bonchev–Trinajstić information content (AvgIpc) is 2.33. The molecule has 0 aliphatic rings. The number of aromatic hydroxyl groups is 1. The SMILES string of the molecule is COC(CNC(=O)c1ccc(C)c(O)c1)OC. The molecule has 94 valence electrons. The number of rotatable bonds is 5. The van der Waals surface area contributed by atoms with Gasteiger partial charge in [-0.3, -0.25) is 4.79 Å². The zero-order chi connectivity index (χ0) is 12.8. The Morgan fingerprint density at radius 2 is 2.06 bits per heavy atom. The number of aryl methyl sites for hydroxylation is 1. The lowest BCUT2D eigenvalue weighted by Crippen LogP contribution is -2.34. The van der Waals surface area contributed by atoms with Gasteiger partial charge in [-0.1, -0.05) is 6.07 Å². The number of hydrogen-bond acceptors (Lipinski definition) is 4. The molecule has 5 nitrogen and oxygen atoms in total. The Kier molecular flexibility index (Phi) is 4.93. The van der Waals surface area contributed by atoms with Gasteiger partial charge in [-0.25, -0.2) is 0 Å². The molecule has 0 saturated carbocycles. The Morgan fingerprint density at radius 1 is 1.41 bits per heavy atom. The summed E-state index contributed by atoms with van der Waals surface area (Å²) < 4.78 is 9.88. The highest BCUT2D eigenvalue weighted by atomic mass is 16.7. The number of benzene rings is 1. The third-order valence-corrected chi connectivity index (χ3v) is 2.43. The number of nitrogens with one attached hydrogen (secondary N) is 1. The Morgan fingerprint density at radius 3 is 2.59 bits per heavy atom. The molecule has 0 aliphatic heterocycles. The molecular formula is C12H17NO4. The third kappa shape index (κ3) is 3.72. The van der Waals surface area contributed by atoms with Crippen LogP contribution in [-0.2, 0) is 9.47 Å². The number of methoxy groups -OCH3 is 2. The molecule has 0 aromatic heterocycles. The number of phenolic OH excluding ortho intramolecular Hbond substituents is 1. The molecule has 1 rings (SSSR count). The van der Waals surface area contributed by atoms with Crippen molar-refractivity contribution in [2.24, 2.45) is 0 Å². The van der Waals surface area contributed by atoms with Gasteiger partial charge in [-0.05, 0) is 24.6 Å². The van der Waals surface area contributed by atoms with E-state index < -0.39 is 6.29 Å². The second-order valence-corrected chi connectivity index (χ2v) is 3.61. The zero-order valence-electron chi connectivity index (χ0n) is 10.2. The van der Waals surface area contributed by atoms with Gasteiger partial charge in [0.25, 0.3) is 5.91 Å². The minimum Gasteiger partial charge on any atom is -0.508 e. The molecule has 1 aromatic carbocycles. The van der Waals surface area contributed by atoms with Gasteiger partial charge in [-0.2, -0.15) is 0 Å². The Hall–Kier alpha value is -1.59. The van der Waals surface area contributed by atoms with Crippen molar-refractivity contribution in [1.29, 1.82) is 0 Å². The van der Waals surface area contributed by atoms with E-state index in [1.165, 1.54) is 20.3 Å². The number of carbonyl (C=O) groups is 1. The first kappa shape index (κ1) is 13.5. The molecule has 0 spiro atoms. The smallest absolute Gasteiger partial charge is 0.251 e. The highest BCUT2D eigenvalue weighted by Gasteiger charge is 2.10. The first-order chi connectivity index (χ1) is 8.08. The Bertz CT molecular complexity index is 388. The van der Waals surface area contributed by atoms with Gasteiger partial charge in [0, 0.05) is 19.8 Å². The van der Waals surface area contributed by atoms with Gasteiger partial charge in [-0.15, -0.1) is 0 Å². The van der Waals surface area contributed by atoms with Crippen LogP contribution >= 0.6 is 0 Å². The van der Waals surface area contributed by atoms with Crippen molar-refractivity contribution in [3.8, 4) is 5.75 Å². The maximum Gasteiger partial charge on any atom is 0.251 e. The minimum atomic E-state index is -0.474. The zero-order valence-corrected chi connectivity index (χ0v) is 10.2. The number of hydrogen-bond donors (Lipinski definition) is 2. The second-order valence-electron chi connectivity index (χ2n) is 3.61. The summed E-state index contributed by atoms with van der Waals surface area (Å²) in [5.74, 6) is -0.174. The van der Waals surface area contributed by atoms with Crippen molar-refractivity contribution in [3.05, 3.63) is 29.3 Å². The molecule has 2 N–H and O–H groups in total. The summed E-state index contributed by atoms with van der Waals surface area (Å²) in [5.41, 5.74) is 1.13. The minimum absolute atomic E-state index is 0.104. The van der Waals surface area contributed by atoms with Crippen molar-refractivity contribution < 1.29 is 19.4 Å². The van der Waals surface area contributed by atoms with Gasteiger partial charge in [0.15, 0.2) is 6.29 Å². The van der Waals surface area contributed by atoms with Gasteiger partial charge in [0.05, 0.1) is 6.54 Å². The summed E-state index contributed by atoms with van der Waals surface area (Å²) in [6, 6.07) is 4.77. The van der Waals surface area contributed by atoms with Crippen LogP contribution in [0.1, 0.15) is 15.9 Å². The van der Waals surface area contributed by atoms with Crippen LogP contribution in [0.15, 0.2) is 18.2 Å². The maximum atomic E-state index is 11.7. The van der Waals surface area contributed by atoms with Crippen molar-refractivity contribution >= 4 is 5.91 Å². The molecule has 5 heteroatoms. The highest BCUT2D eigenvalue weighted by Crippen LogP contribution is 2.17. The van der Waals surface area contributed by atoms with Crippen LogP contribution in [0.25, 0.3) is 0 Å². The lowest BCUT2D eigenvalue weighted by molar-refractivity contribution is -0.0974. The van der Waals surface area contributed by atoms with Crippen LogP contribution < -0.4 is 5.32 Å². The van der Waals surface area contributed by atoms with E-state index in [9.17, 15) is 9.90 Å². The van der Waals surface area contributed by atoms with Crippen LogP contribution in [0.3, 0.4) is 0 Å². The van der Waals surface area contributed by atoms with Crippen molar-refractivity contribution in [2.75, 3.05) is 20.8 Å². The van der Waals surface area contributed by atoms with Crippen molar-refractivity contribution in [3.63, 3.8) is 0 Å². The number of ether oxygens (including phenoxy) is 2. The van der Waals surface area contributed by atoms with Crippen LogP contribution in [0.4, 0.5) is 0 Å². The van der Waals surface area contributed by atoms with Crippen molar-refractivity contribution in [1.82, 2.24) is 5.32 Å². The van der Waals surface area contributed by atoms with E-state index in [2.05, 4.69) is 5.32 Å². The molecule has 0 fully saturated rings. The van der Waals surface area contributed by atoms with E-state index in [0.717, 1.165) is 5.56 Å². The summed E-state index contributed by atoms with van der Waals surface area (Å²) in [7, 11) is 3.00. The molecule has 1 amide bonds. The van der Waals surface area contributed by atoms with E-state index >= 15 is 0 Å². The molecular weight excluding hydrogens is 222 g/mol. The van der Waals surface area contributed by atoms with E-state index in [0.29, 0.717) is 5.56 Å². The number of amides is 1. The Balaban J connectivity index is 2.61. The molecule has 0 aliphatic carbocycles. The fourth-order valence-electron chi connectivity index (χ4n) is 1.29. The number of phenols is 1.